The molecule has 3 heteroatoms. The quantitative estimate of drug-likeness (QED) is 0.710. The predicted molar refractivity (Wildman–Crippen MR) is 57.8 cm³/mol. The van der Waals surface area contributed by atoms with Gasteiger partial charge >= 0.3 is 0 Å². The van der Waals surface area contributed by atoms with Crippen molar-refractivity contribution in [3.63, 3.8) is 0 Å². The van der Waals surface area contributed by atoms with E-state index in [0.29, 0.717) is 12.1 Å². The van der Waals surface area contributed by atoms with Gasteiger partial charge in [0.2, 0.25) is 5.91 Å². The van der Waals surface area contributed by atoms with E-state index in [4.69, 9.17) is 5.73 Å². The Hall–Kier alpha value is -1.51. The van der Waals surface area contributed by atoms with Crippen LogP contribution in [0.4, 0.5) is 5.69 Å². The molecule has 76 valence electrons. The van der Waals surface area contributed by atoms with Gasteiger partial charge in [0.1, 0.15) is 0 Å². The summed E-state index contributed by atoms with van der Waals surface area (Å²) >= 11 is 0. The third kappa shape index (κ3) is 3.47. The lowest BCUT2D eigenvalue weighted by Crippen LogP contribution is -2.31. The highest BCUT2D eigenvalue weighted by Crippen LogP contribution is 2.06. The number of hydrogen-bond acceptors (Lipinski definition) is 2. The molecule has 14 heavy (non-hydrogen) atoms. The molecule has 1 aromatic rings. The van der Waals surface area contributed by atoms with Gasteiger partial charge in [-0.15, -0.1) is 0 Å². The van der Waals surface area contributed by atoms with Crippen LogP contribution in [0.1, 0.15) is 19.4 Å². The van der Waals surface area contributed by atoms with Crippen LogP contribution in [0.3, 0.4) is 0 Å². The molecular formula is C11H16N2O. The van der Waals surface area contributed by atoms with Crippen LogP contribution in [0.2, 0.25) is 0 Å². The first-order valence-corrected chi connectivity index (χ1v) is 4.71. The Balaban J connectivity index is 2.56. The number of nitrogen functional groups attached to an aromatic ring is 1. The average molecular weight is 192 g/mol. The summed E-state index contributed by atoms with van der Waals surface area (Å²) in [6, 6.07) is 7.57. The predicted octanol–water partition coefficient (Wildman–Crippen LogP) is 1.34. The molecular weight excluding hydrogens is 176 g/mol. The second-order valence-electron chi connectivity index (χ2n) is 3.64. The highest BCUT2D eigenvalue weighted by molar-refractivity contribution is 5.79. The Morgan fingerprint density at radius 1 is 1.50 bits per heavy atom. The number of carbonyl (C=O) groups is 1. The first-order valence-electron chi connectivity index (χ1n) is 4.71. The first-order chi connectivity index (χ1) is 6.58. The Labute approximate surface area is 84.3 Å². The van der Waals surface area contributed by atoms with Gasteiger partial charge in [-0.05, 0) is 31.5 Å². The molecule has 0 bridgehead atoms. The molecule has 0 aliphatic carbocycles. The number of rotatable bonds is 3. The van der Waals surface area contributed by atoms with Crippen molar-refractivity contribution in [1.29, 1.82) is 0 Å². The van der Waals surface area contributed by atoms with Crippen LogP contribution in [0, 0.1) is 0 Å². The van der Waals surface area contributed by atoms with E-state index in [9.17, 15) is 4.79 Å². The molecule has 0 aliphatic rings. The highest BCUT2D eigenvalue weighted by atomic mass is 16.1. The minimum Gasteiger partial charge on any atom is -0.399 e. The number of carbonyl (C=O) groups excluding carboxylic acids is 1. The largest absolute Gasteiger partial charge is 0.399 e. The topological polar surface area (TPSA) is 55.1 Å². The molecule has 0 heterocycles. The van der Waals surface area contributed by atoms with Crippen molar-refractivity contribution in [3.05, 3.63) is 29.8 Å². The molecule has 1 amide bonds. The van der Waals surface area contributed by atoms with Gasteiger partial charge < -0.3 is 11.1 Å². The molecule has 0 radical (unpaired) electrons. The van der Waals surface area contributed by atoms with Gasteiger partial charge in [-0.2, -0.15) is 0 Å². The van der Waals surface area contributed by atoms with Gasteiger partial charge in [0.15, 0.2) is 0 Å². The summed E-state index contributed by atoms with van der Waals surface area (Å²) in [5, 5.41) is 2.83. The van der Waals surface area contributed by atoms with Crippen LogP contribution in [0.5, 0.6) is 0 Å². The van der Waals surface area contributed by atoms with Gasteiger partial charge in [0.25, 0.3) is 0 Å². The molecule has 1 aromatic carbocycles. The van der Waals surface area contributed by atoms with Gasteiger partial charge in [0, 0.05) is 11.7 Å². The zero-order chi connectivity index (χ0) is 10.6. The standard InChI is InChI=1S/C11H16N2O/c1-8(2)13-11(14)7-9-4-3-5-10(12)6-9/h3-6,8H,7,12H2,1-2H3,(H,13,14). The number of hydrogen-bond donors (Lipinski definition) is 2. The van der Waals surface area contributed by atoms with E-state index in [1.54, 1.807) is 0 Å². The maximum atomic E-state index is 11.4. The summed E-state index contributed by atoms with van der Waals surface area (Å²) < 4.78 is 0. The number of nitrogens with one attached hydrogen (secondary N) is 1. The van der Waals surface area contributed by atoms with Crippen molar-refractivity contribution in [2.45, 2.75) is 26.3 Å². The normalized spacial score (nSPS) is 10.2. The fourth-order valence-electron chi connectivity index (χ4n) is 1.26. The van der Waals surface area contributed by atoms with Crippen LogP contribution in [-0.2, 0) is 11.2 Å². The number of amides is 1. The second-order valence-corrected chi connectivity index (χ2v) is 3.64. The average Bonchev–Trinajstić information content (AvgIpc) is 2.01. The molecule has 0 saturated heterocycles. The molecule has 0 atom stereocenters. The van der Waals surface area contributed by atoms with E-state index >= 15 is 0 Å². The zero-order valence-electron chi connectivity index (χ0n) is 8.58. The minimum absolute atomic E-state index is 0.0330. The molecule has 0 spiro atoms. The van der Waals surface area contributed by atoms with Crippen LogP contribution < -0.4 is 11.1 Å². The summed E-state index contributed by atoms with van der Waals surface area (Å²) in [7, 11) is 0. The monoisotopic (exact) mass is 192 g/mol. The summed E-state index contributed by atoms with van der Waals surface area (Å²) in [5.41, 5.74) is 7.25. The summed E-state index contributed by atoms with van der Waals surface area (Å²) in [5.74, 6) is 0.0330. The van der Waals surface area contributed by atoms with E-state index in [2.05, 4.69) is 5.32 Å². The van der Waals surface area contributed by atoms with Crippen molar-refractivity contribution in [1.82, 2.24) is 5.32 Å². The Kier molecular flexibility index (Phi) is 3.51. The lowest BCUT2D eigenvalue weighted by molar-refractivity contribution is -0.120. The number of anilines is 1. The maximum Gasteiger partial charge on any atom is 0.224 e. The van der Waals surface area contributed by atoms with E-state index in [1.807, 2.05) is 38.1 Å². The number of benzene rings is 1. The molecule has 0 aromatic heterocycles. The molecule has 3 nitrogen and oxygen atoms in total. The van der Waals surface area contributed by atoms with Crippen molar-refractivity contribution in [2.75, 3.05) is 5.73 Å². The summed E-state index contributed by atoms with van der Waals surface area (Å²) in [6.45, 7) is 3.88. The Morgan fingerprint density at radius 3 is 2.79 bits per heavy atom. The van der Waals surface area contributed by atoms with Crippen molar-refractivity contribution in [2.24, 2.45) is 0 Å². The van der Waals surface area contributed by atoms with Crippen molar-refractivity contribution < 1.29 is 4.79 Å². The lowest BCUT2D eigenvalue weighted by atomic mass is 10.1. The fourth-order valence-corrected chi connectivity index (χ4v) is 1.26. The van der Waals surface area contributed by atoms with Gasteiger partial charge in [-0.3, -0.25) is 4.79 Å². The van der Waals surface area contributed by atoms with E-state index in [1.165, 1.54) is 0 Å². The van der Waals surface area contributed by atoms with E-state index in [0.717, 1.165) is 5.56 Å². The Morgan fingerprint density at radius 2 is 2.21 bits per heavy atom. The van der Waals surface area contributed by atoms with Gasteiger partial charge in [-0.25, -0.2) is 0 Å². The Bertz CT molecular complexity index is 321. The van der Waals surface area contributed by atoms with Crippen LogP contribution in [0.15, 0.2) is 24.3 Å². The molecule has 0 fully saturated rings. The van der Waals surface area contributed by atoms with Crippen LogP contribution in [0.25, 0.3) is 0 Å². The maximum absolute atomic E-state index is 11.4. The number of nitrogens with two attached hydrogens (primary N) is 1. The zero-order valence-corrected chi connectivity index (χ0v) is 8.58. The van der Waals surface area contributed by atoms with Gasteiger partial charge in [-0.1, -0.05) is 12.1 Å². The highest BCUT2D eigenvalue weighted by Gasteiger charge is 2.04. The lowest BCUT2D eigenvalue weighted by Gasteiger charge is -2.08. The van der Waals surface area contributed by atoms with Gasteiger partial charge in [0.05, 0.1) is 6.42 Å². The SMILES string of the molecule is CC(C)NC(=O)Cc1cccc(N)c1. The fraction of sp³-hybridized carbons (Fsp3) is 0.364. The third-order valence-electron chi connectivity index (χ3n) is 1.77. The van der Waals surface area contributed by atoms with Crippen molar-refractivity contribution >= 4 is 11.6 Å². The summed E-state index contributed by atoms with van der Waals surface area (Å²) in [6.07, 6.45) is 0.392. The molecule has 0 saturated carbocycles. The molecule has 1 rings (SSSR count). The minimum atomic E-state index is 0.0330. The van der Waals surface area contributed by atoms with E-state index < -0.39 is 0 Å². The summed E-state index contributed by atoms with van der Waals surface area (Å²) in [4.78, 5) is 11.4. The van der Waals surface area contributed by atoms with Crippen LogP contribution in [-0.4, -0.2) is 11.9 Å². The first kappa shape index (κ1) is 10.6. The van der Waals surface area contributed by atoms with E-state index in [-0.39, 0.29) is 11.9 Å². The third-order valence-corrected chi connectivity index (χ3v) is 1.77. The molecule has 0 unspecified atom stereocenters. The smallest absolute Gasteiger partial charge is 0.224 e. The van der Waals surface area contributed by atoms with Crippen molar-refractivity contribution in [3.8, 4) is 0 Å². The molecule has 3 N–H and O–H groups in total. The van der Waals surface area contributed by atoms with Crippen LogP contribution >= 0.6 is 0 Å². The second kappa shape index (κ2) is 4.65. The molecule has 0 aliphatic heterocycles.